The van der Waals surface area contributed by atoms with Gasteiger partial charge < -0.3 is 5.73 Å². The van der Waals surface area contributed by atoms with Gasteiger partial charge >= 0.3 is 0 Å². The molecule has 0 radical (unpaired) electrons. The van der Waals surface area contributed by atoms with Gasteiger partial charge in [-0.1, -0.05) is 18.2 Å². The number of rotatable bonds is 1. The Bertz CT molecular complexity index is 465. The number of fused-ring (bicyclic) bond motifs is 1. The molecule has 64 valence electrons. The fourth-order valence-electron chi connectivity index (χ4n) is 1.28. The third-order valence-corrected chi connectivity index (χ3v) is 1.89. The van der Waals surface area contributed by atoms with Crippen molar-refractivity contribution < 1.29 is 4.79 Å². The Morgan fingerprint density at radius 2 is 2.08 bits per heavy atom. The number of para-hydroxylation sites is 1. The predicted molar refractivity (Wildman–Crippen MR) is 51.5 cm³/mol. The summed E-state index contributed by atoms with van der Waals surface area (Å²) in [7, 11) is 0. The molecule has 2 rings (SSSR count). The fourth-order valence-corrected chi connectivity index (χ4v) is 1.28. The Hall–Kier alpha value is -1.90. The van der Waals surface area contributed by atoms with Crippen molar-refractivity contribution >= 4 is 22.9 Å². The number of pyridine rings is 1. The van der Waals surface area contributed by atoms with Gasteiger partial charge in [0.2, 0.25) is 0 Å². The molecule has 13 heavy (non-hydrogen) atoms. The second-order valence-electron chi connectivity index (χ2n) is 2.77. The molecule has 0 aliphatic carbocycles. The minimum Gasteiger partial charge on any atom is -0.398 e. The van der Waals surface area contributed by atoms with Crippen LogP contribution in [-0.2, 0) is 0 Å². The zero-order chi connectivity index (χ0) is 9.26. The fraction of sp³-hybridized carbons (Fsp3) is 0. The topological polar surface area (TPSA) is 56.0 Å². The van der Waals surface area contributed by atoms with E-state index in [9.17, 15) is 4.79 Å². The number of aldehydes is 1. The molecular formula is C10H8N2O. The van der Waals surface area contributed by atoms with Crippen LogP contribution in [0.25, 0.3) is 10.9 Å². The van der Waals surface area contributed by atoms with Crippen LogP contribution in [0.4, 0.5) is 5.69 Å². The number of benzene rings is 1. The Morgan fingerprint density at radius 3 is 2.85 bits per heavy atom. The number of hydrogen-bond acceptors (Lipinski definition) is 3. The molecule has 0 unspecified atom stereocenters. The lowest BCUT2D eigenvalue weighted by Gasteiger charge is -2.01. The van der Waals surface area contributed by atoms with Gasteiger partial charge in [-0.15, -0.1) is 0 Å². The van der Waals surface area contributed by atoms with E-state index < -0.39 is 0 Å². The first-order valence-corrected chi connectivity index (χ1v) is 3.91. The zero-order valence-corrected chi connectivity index (χ0v) is 6.90. The van der Waals surface area contributed by atoms with Crippen LogP contribution in [0.1, 0.15) is 10.5 Å². The van der Waals surface area contributed by atoms with Crippen LogP contribution in [0.3, 0.4) is 0 Å². The highest BCUT2D eigenvalue weighted by molar-refractivity contribution is 5.93. The summed E-state index contributed by atoms with van der Waals surface area (Å²) in [5.41, 5.74) is 7.45. The van der Waals surface area contributed by atoms with Gasteiger partial charge in [0, 0.05) is 11.1 Å². The Kier molecular flexibility index (Phi) is 1.70. The van der Waals surface area contributed by atoms with Crippen molar-refractivity contribution in [3.63, 3.8) is 0 Å². The molecule has 0 bridgehead atoms. The summed E-state index contributed by atoms with van der Waals surface area (Å²) < 4.78 is 0. The Labute approximate surface area is 75.2 Å². The molecule has 0 aliphatic rings. The van der Waals surface area contributed by atoms with E-state index in [0.717, 1.165) is 10.9 Å². The number of nitrogens with zero attached hydrogens (tertiary/aromatic N) is 1. The largest absolute Gasteiger partial charge is 0.398 e. The van der Waals surface area contributed by atoms with Gasteiger partial charge in [-0.2, -0.15) is 0 Å². The summed E-state index contributed by atoms with van der Waals surface area (Å²) >= 11 is 0. The summed E-state index contributed by atoms with van der Waals surface area (Å²) in [6.45, 7) is 0. The molecule has 1 heterocycles. The van der Waals surface area contributed by atoms with Crippen LogP contribution in [0.2, 0.25) is 0 Å². The normalized spacial score (nSPS) is 10.2. The van der Waals surface area contributed by atoms with Crippen LogP contribution in [0.15, 0.2) is 30.3 Å². The summed E-state index contributed by atoms with van der Waals surface area (Å²) in [4.78, 5) is 14.6. The highest BCUT2D eigenvalue weighted by Crippen LogP contribution is 2.18. The Morgan fingerprint density at radius 1 is 1.31 bits per heavy atom. The zero-order valence-electron chi connectivity index (χ0n) is 6.90. The second kappa shape index (κ2) is 2.86. The maximum Gasteiger partial charge on any atom is 0.168 e. The highest BCUT2D eigenvalue weighted by Gasteiger charge is 2.00. The molecular weight excluding hydrogens is 164 g/mol. The van der Waals surface area contributed by atoms with E-state index in [1.807, 2.05) is 24.3 Å². The van der Waals surface area contributed by atoms with E-state index in [0.29, 0.717) is 17.7 Å². The number of hydrogen-bond donors (Lipinski definition) is 1. The third-order valence-electron chi connectivity index (χ3n) is 1.89. The molecule has 0 saturated carbocycles. The Balaban J connectivity index is 2.84. The third kappa shape index (κ3) is 1.24. The van der Waals surface area contributed by atoms with Crippen molar-refractivity contribution in [2.75, 3.05) is 5.73 Å². The predicted octanol–water partition coefficient (Wildman–Crippen LogP) is 1.63. The van der Waals surface area contributed by atoms with Gasteiger partial charge in [-0.25, -0.2) is 4.98 Å². The molecule has 0 amide bonds. The first-order valence-electron chi connectivity index (χ1n) is 3.91. The van der Waals surface area contributed by atoms with Gasteiger partial charge in [0.1, 0.15) is 5.69 Å². The summed E-state index contributed by atoms with van der Waals surface area (Å²) in [5, 5.41) is 0.883. The van der Waals surface area contributed by atoms with Gasteiger partial charge in [0.15, 0.2) is 6.29 Å². The smallest absolute Gasteiger partial charge is 0.168 e. The number of aromatic nitrogens is 1. The van der Waals surface area contributed by atoms with Crippen molar-refractivity contribution in [3.8, 4) is 0 Å². The minimum absolute atomic E-state index is 0.371. The van der Waals surface area contributed by atoms with Crippen molar-refractivity contribution in [1.82, 2.24) is 4.98 Å². The molecule has 0 spiro atoms. The molecule has 1 aromatic carbocycles. The van der Waals surface area contributed by atoms with Crippen LogP contribution < -0.4 is 5.73 Å². The molecule has 2 aromatic rings. The van der Waals surface area contributed by atoms with Gasteiger partial charge in [-0.05, 0) is 12.1 Å². The molecule has 3 nitrogen and oxygen atoms in total. The van der Waals surface area contributed by atoms with Crippen molar-refractivity contribution in [2.45, 2.75) is 0 Å². The van der Waals surface area contributed by atoms with E-state index in [1.54, 1.807) is 6.07 Å². The molecule has 0 aliphatic heterocycles. The molecule has 0 fully saturated rings. The standard InChI is InChI=1S/C10H8N2O/c11-9-5-7(6-13)12-10-4-2-1-3-8(9)10/h1-6H,(H2,11,12). The summed E-state index contributed by atoms with van der Waals surface area (Å²) in [5.74, 6) is 0. The number of anilines is 1. The molecule has 0 saturated heterocycles. The number of carbonyl (C=O) groups excluding carboxylic acids is 1. The van der Waals surface area contributed by atoms with E-state index in [2.05, 4.69) is 4.98 Å². The molecule has 3 heteroatoms. The summed E-state index contributed by atoms with van der Waals surface area (Å²) in [6.07, 6.45) is 0.697. The lowest BCUT2D eigenvalue weighted by atomic mass is 10.2. The number of carbonyl (C=O) groups is 1. The first kappa shape index (κ1) is 7.73. The van der Waals surface area contributed by atoms with Crippen molar-refractivity contribution in [3.05, 3.63) is 36.0 Å². The first-order chi connectivity index (χ1) is 6.31. The second-order valence-corrected chi connectivity index (χ2v) is 2.77. The van der Waals surface area contributed by atoms with E-state index >= 15 is 0 Å². The quantitative estimate of drug-likeness (QED) is 0.665. The van der Waals surface area contributed by atoms with Crippen LogP contribution in [-0.4, -0.2) is 11.3 Å². The summed E-state index contributed by atoms with van der Waals surface area (Å²) in [6, 6.07) is 9.05. The van der Waals surface area contributed by atoms with E-state index in [4.69, 9.17) is 5.73 Å². The average molecular weight is 172 g/mol. The van der Waals surface area contributed by atoms with Crippen LogP contribution in [0, 0.1) is 0 Å². The highest BCUT2D eigenvalue weighted by atomic mass is 16.1. The molecule has 0 atom stereocenters. The number of nitrogens with two attached hydrogens (primary N) is 1. The maximum atomic E-state index is 10.5. The lowest BCUT2D eigenvalue weighted by molar-refractivity contribution is 0.111. The molecule has 1 aromatic heterocycles. The van der Waals surface area contributed by atoms with E-state index in [1.165, 1.54) is 0 Å². The van der Waals surface area contributed by atoms with Gasteiger partial charge in [0.25, 0.3) is 0 Å². The average Bonchev–Trinajstić information content (AvgIpc) is 2.18. The minimum atomic E-state index is 0.371. The molecule has 2 N–H and O–H groups in total. The van der Waals surface area contributed by atoms with Crippen molar-refractivity contribution in [1.29, 1.82) is 0 Å². The lowest BCUT2D eigenvalue weighted by Crippen LogP contribution is -1.93. The van der Waals surface area contributed by atoms with Gasteiger partial charge in [-0.3, -0.25) is 4.79 Å². The van der Waals surface area contributed by atoms with Crippen molar-refractivity contribution in [2.24, 2.45) is 0 Å². The SMILES string of the molecule is Nc1cc(C=O)nc2ccccc12. The maximum absolute atomic E-state index is 10.5. The van der Waals surface area contributed by atoms with E-state index in [-0.39, 0.29) is 0 Å². The van der Waals surface area contributed by atoms with Crippen LogP contribution in [0.5, 0.6) is 0 Å². The van der Waals surface area contributed by atoms with Gasteiger partial charge in [0.05, 0.1) is 5.52 Å². The van der Waals surface area contributed by atoms with Crippen LogP contribution >= 0.6 is 0 Å². The number of nitrogen functional groups attached to an aromatic ring is 1. The monoisotopic (exact) mass is 172 g/mol.